The Morgan fingerprint density at radius 1 is 1.35 bits per heavy atom. The van der Waals surface area contributed by atoms with E-state index in [0.29, 0.717) is 5.92 Å². The molecule has 2 saturated heterocycles. The van der Waals surface area contributed by atoms with Crippen LogP contribution < -0.4 is 0 Å². The summed E-state index contributed by atoms with van der Waals surface area (Å²) in [5.41, 5.74) is 4.98. The van der Waals surface area contributed by atoms with Crippen molar-refractivity contribution >= 4 is 10.9 Å². The molecule has 23 heavy (non-hydrogen) atoms. The lowest BCUT2D eigenvalue weighted by molar-refractivity contribution is -0.0134. The fraction of sp³-hybridized carbons (Fsp3) is 0.550. The van der Waals surface area contributed by atoms with Gasteiger partial charge in [-0.15, -0.1) is 0 Å². The molecule has 5 atom stereocenters. The highest BCUT2D eigenvalue weighted by Crippen LogP contribution is 2.50. The standard InChI is InChI=1S/C20H23N3/c1-2-14-7-13-9-17-19-15(5-6-23(11-13)20(14)17)16-8-12(10-21)3-4-18(16)22-19/h3-4,8,13-14,17,20,22H,2,5-7,9,11H2,1H3/t13-,14+,17+,20+/m1/s1. The van der Waals surface area contributed by atoms with Crippen molar-refractivity contribution in [2.45, 2.75) is 44.6 Å². The molecule has 3 nitrogen and oxygen atoms in total. The molecule has 3 heteroatoms. The topological polar surface area (TPSA) is 42.8 Å². The van der Waals surface area contributed by atoms with Crippen LogP contribution in [-0.4, -0.2) is 29.0 Å². The summed E-state index contributed by atoms with van der Waals surface area (Å²) < 4.78 is 0. The van der Waals surface area contributed by atoms with E-state index in [2.05, 4.69) is 35.0 Å². The zero-order valence-electron chi connectivity index (χ0n) is 13.7. The maximum atomic E-state index is 9.23. The highest BCUT2D eigenvalue weighted by atomic mass is 15.2. The number of H-pyrrole nitrogens is 1. The Bertz CT molecular complexity index is 812. The molecule has 3 aliphatic heterocycles. The summed E-state index contributed by atoms with van der Waals surface area (Å²) in [5, 5.41) is 10.5. The number of nitriles is 1. The van der Waals surface area contributed by atoms with Gasteiger partial charge >= 0.3 is 0 Å². The van der Waals surface area contributed by atoms with Gasteiger partial charge in [0, 0.05) is 41.6 Å². The van der Waals surface area contributed by atoms with Gasteiger partial charge in [0.15, 0.2) is 0 Å². The second kappa shape index (κ2) is 4.85. The predicted molar refractivity (Wildman–Crippen MR) is 91.3 cm³/mol. The molecule has 1 aromatic heterocycles. The SMILES string of the molecule is CC[C@H]1C[C@@H]2C[C@H]3c4[nH]c5ccc(C#N)cc5c4CCN(C2)[C@@H]13. The minimum atomic E-state index is 0.669. The van der Waals surface area contributed by atoms with Crippen LogP contribution in [0.5, 0.6) is 0 Å². The first kappa shape index (κ1) is 13.6. The molecule has 1 N–H and O–H groups in total. The quantitative estimate of drug-likeness (QED) is 0.871. The Labute approximate surface area is 137 Å². The van der Waals surface area contributed by atoms with Crippen molar-refractivity contribution in [2.75, 3.05) is 13.1 Å². The second-order valence-corrected chi connectivity index (χ2v) is 7.74. The average Bonchev–Trinajstić information content (AvgIpc) is 2.92. The third-order valence-corrected chi connectivity index (χ3v) is 6.65. The monoisotopic (exact) mass is 305 g/mol. The molecule has 4 bridgehead atoms. The van der Waals surface area contributed by atoms with E-state index in [0.717, 1.165) is 29.9 Å². The van der Waals surface area contributed by atoms with Crippen molar-refractivity contribution in [1.82, 2.24) is 9.88 Å². The fourth-order valence-corrected chi connectivity index (χ4v) is 5.76. The van der Waals surface area contributed by atoms with Crippen LogP contribution in [0.2, 0.25) is 0 Å². The van der Waals surface area contributed by atoms with Gasteiger partial charge in [0.2, 0.25) is 0 Å². The number of hydrogen-bond acceptors (Lipinski definition) is 2. The maximum Gasteiger partial charge on any atom is 0.0991 e. The van der Waals surface area contributed by atoms with E-state index in [1.165, 1.54) is 54.5 Å². The number of nitrogens with one attached hydrogen (secondary N) is 1. The van der Waals surface area contributed by atoms with Gasteiger partial charge in [0.05, 0.1) is 11.6 Å². The number of hydrogen-bond donors (Lipinski definition) is 1. The Morgan fingerprint density at radius 3 is 3.09 bits per heavy atom. The molecule has 118 valence electrons. The molecule has 3 fully saturated rings. The lowest BCUT2D eigenvalue weighted by Crippen LogP contribution is -2.56. The molecule has 4 heterocycles. The summed E-state index contributed by atoms with van der Waals surface area (Å²) in [6, 6.07) is 9.15. The Balaban J connectivity index is 1.68. The van der Waals surface area contributed by atoms with Crippen molar-refractivity contribution in [2.24, 2.45) is 11.8 Å². The van der Waals surface area contributed by atoms with E-state index >= 15 is 0 Å². The van der Waals surface area contributed by atoms with Gasteiger partial charge in [0.1, 0.15) is 0 Å². The van der Waals surface area contributed by atoms with E-state index in [1.807, 2.05) is 6.07 Å². The highest BCUT2D eigenvalue weighted by molar-refractivity contribution is 5.86. The maximum absolute atomic E-state index is 9.23. The van der Waals surface area contributed by atoms with Crippen LogP contribution in [0, 0.1) is 23.2 Å². The van der Waals surface area contributed by atoms with E-state index in [1.54, 1.807) is 0 Å². The normalized spacial score (nSPS) is 34.9. The summed E-state index contributed by atoms with van der Waals surface area (Å²) >= 11 is 0. The van der Waals surface area contributed by atoms with Crippen LogP contribution in [0.4, 0.5) is 0 Å². The van der Waals surface area contributed by atoms with Gasteiger partial charge in [-0.3, -0.25) is 4.90 Å². The summed E-state index contributed by atoms with van der Waals surface area (Å²) in [6.45, 7) is 4.86. The molecular formula is C20H23N3. The Hall–Kier alpha value is -1.79. The fourth-order valence-electron chi connectivity index (χ4n) is 5.76. The van der Waals surface area contributed by atoms with Crippen LogP contribution in [0.3, 0.4) is 0 Å². The minimum Gasteiger partial charge on any atom is -0.358 e. The van der Waals surface area contributed by atoms with Crippen LogP contribution in [0.1, 0.15) is 48.9 Å². The number of fused-ring (bicyclic) bond motifs is 4. The molecule has 6 rings (SSSR count). The first-order valence-electron chi connectivity index (χ1n) is 9.07. The van der Waals surface area contributed by atoms with E-state index in [9.17, 15) is 5.26 Å². The lowest BCUT2D eigenvalue weighted by atomic mass is 9.65. The third kappa shape index (κ3) is 1.85. The largest absolute Gasteiger partial charge is 0.358 e. The lowest BCUT2D eigenvalue weighted by Gasteiger charge is -2.53. The number of nitrogens with zero attached hydrogens (tertiary/aromatic N) is 2. The molecule has 0 amide bonds. The minimum absolute atomic E-state index is 0.669. The number of piperidine rings is 2. The molecule has 1 unspecified atom stereocenters. The first-order valence-corrected chi connectivity index (χ1v) is 9.07. The van der Waals surface area contributed by atoms with Gasteiger partial charge in [-0.05, 0) is 54.9 Å². The number of aromatic nitrogens is 1. The summed E-state index contributed by atoms with van der Waals surface area (Å²) in [6.07, 6.45) is 5.22. The van der Waals surface area contributed by atoms with Crippen molar-refractivity contribution < 1.29 is 0 Å². The smallest absolute Gasteiger partial charge is 0.0991 e. The molecule has 4 aliphatic rings. The molecule has 2 aromatic rings. The zero-order valence-corrected chi connectivity index (χ0v) is 13.7. The Morgan fingerprint density at radius 2 is 2.26 bits per heavy atom. The zero-order chi connectivity index (χ0) is 15.6. The van der Waals surface area contributed by atoms with Crippen molar-refractivity contribution in [3.8, 4) is 6.07 Å². The first-order chi connectivity index (χ1) is 11.3. The van der Waals surface area contributed by atoms with E-state index < -0.39 is 0 Å². The third-order valence-electron chi connectivity index (χ3n) is 6.65. The number of benzene rings is 1. The van der Waals surface area contributed by atoms with Gasteiger partial charge < -0.3 is 4.98 Å². The van der Waals surface area contributed by atoms with E-state index in [4.69, 9.17) is 0 Å². The highest BCUT2D eigenvalue weighted by Gasteiger charge is 2.48. The van der Waals surface area contributed by atoms with Crippen LogP contribution in [-0.2, 0) is 6.42 Å². The molecule has 1 saturated carbocycles. The summed E-state index contributed by atoms with van der Waals surface area (Å²) in [7, 11) is 0. The van der Waals surface area contributed by atoms with Crippen LogP contribution in [0.25, 0.3) is 10.9 Å². The predicted octanol–water partition coefficient (Wildman–Crippen LogP) is 3.80. The van der Waals surface area contributed by atoms with Gasteiger partial charge in [0.25, 0.3) is 0 Å². The molecular weight excluding hydrogens is 282 g/mol. The van der Waals surface area contributed by atoms with Crippen molar-refractivity contribution in [1.29, 1.82) is 5.26 Å². The van der Waals surface area contributed by atoms with Gasteiger partial charge in [-0.2, -0.15) is 5.26 Å². The second-order valence-electron chi connectivity index (χ2n) is 7.74. The summed E-state index contributed by atoms with van der Waals surface area (Å²) in [5.74, 6) is 2.41. The molecule has 0 spiro atoms. The van der Waals surface area contributed by atoms with Crippen molar-refractivity contribution in [3.05, 3.63) is 35.0 Å². The molecule has 1 aromatic carbocycles. The van der Waals surface area contributed by atoms with Crippen LogP contribution in [0.15, 0.2) is 18.2 Å². The summed E-state index contributed by atoms with van der Waals surface area (Å²) in [4.78, 5) is 6.54. The number of aromatic amines is 1. The van der Waals surface area contributed by atoms with Crippen LogP contribution >= 0.6 is 0 Å². The van der Waals surface area contributed by atoms with Crippen molar-refractivity contribution in [3.63, 3.8) is 0 Å². The number of rotatable bonds is 1. The van der Waals surface area contributed by atoms with E-state index in [-0.39, 0.29) is 0 Å². The Kier molecular flexibility index (Phi) is 2.87. The molecule has 0 radical (unpaired) electrons. The average molecular weight is 305 g/mol. The molecule has 1 aliphatic carbocycles. The van der Waals surface area contributed by atoms with Gasteiger partial charge in [-0.1, -0.05) is 13.3 Å². The van der Waals surface area contributed by atoms with Gasteiger partial charge in [-0.25, -0.2) is 0 Å².